The van der Waals surface area contributed by atoms with Crippen LogP contribution in [-0.4, -0.2) is 26.2 Å². The molecule has 0 aromatic heterocycles. The molecule has 4 heteroatoms. The van der Waals surface area contributed by atoms with Crippen molar-refractivity contribution in [2.75, 3.05) is 20.2 Å². The van der Waals surface area contributed by atoms with Gasteiger partial charge in [0.15, 0.2) is 12.2 Å². The smallest absolute Gasteiger partial charge is 0.302 e. The average molecular weight is 362 g/mol. The highest BCUT2D eigenvalue weighted by molar-refractivity contribution is 5.82. The van der Waals surface area contributed by atoms with E-state index in [-0.39, 0.29) is 11.4 Å². The van der Waals surface area contributed by atoms with Gasteiger partial charge in [-0.1, -0.05) is 12.1 Å². The molecule has 2 aromatic carbocycles. The Kier molecular flexibility index (Phi) is 4.02. The average Bonchev–Trinajstić information content (AvgIpc) is 3.03. The summed E-state index contributed by atoms with van der Waals surface area (Å²) < 4.78 is 9.67. The Morgan fingerprint density at radius 2 is 1.85 bits per heavy atom. The lowest BCUT2D eigenvalue weighted by molar-refractivity contribution is -0.141. The molecule has 2 aliphatic rings. The monoisotopic (exact) mass is 362 g/mol. The number of nitrogens with zero attached hydrogens (tertiary/aromatic N) is 2. The standard InChI is InChI=1S/C23H26N2O2/c1-15-23(3,4)22-20(25(15)13-8-14-27-16(2)26)12-11-19-21(22)17-9-6-7-10-18(17)24(19)5/h6-7,9-12H,1,8,13-14H2,2-5H3/q+2. The largest absolute Gasteiger partial charge is 0.466 e. The lowest BCUT2D eigenvalue weighted by Gasteiger charge is -2.18. The summed E-state index contributed by atoms with van der Waals surface area (Å²) in [6.07, 6.45) is 0.779. The first-order valence-electron chi connectivity index (χ1n) is 9.45. The summed E-state index contributed by atoms with van der Waals surface area (Å²) in [5.41, 5.74) is 6.14. The fourth-order valence-electron chi connectivity index (χ4n) is 4.42. The predicted molar refractivity (Wildman–Crippen MR) is 107 cm³/mol. The third-order valence-electron chi connectivity index (χ3n) is 5.85. The molecule has 0 spiro atoms. The molecule has 0 aliphatic carbocycles. The molecule has 4 rings (SSSR count). The van der Waals surface area contributed by atoms with Gasteiger partial charge in [-0.25, -0.2) is 0 Å². The third kappa shape index (κ3) is 2.54. The van der Waals surface area contributed by atoms with Crippen LogP contribution in [0.4, 0.5) is 5.69 Å². The zero-order valence-electron chi connectivity index (χ0n) is 16.5. The minimum Gasteiger partial charge on any atom is -0.466 e. The first-order valence-corrected chi connectivity index (χ1v) is 9.45. The number of para-hydroxylation sites is 1. The normalized spacial score (nSPS) is 16.2. The first-order chi connectivity index (χ1) is 12.8. The van der Waals surface area contributed by atoms with E-state index < -0.39 is 0 Å². The summed E-state index contributed by atoms with van der Waals surface area (Å²) in [7, 11) is 2.13. The van der Waals surface area contributed by atoms with Gasteiger partial charge in [0.1, 0.15) is 7.05 Å². The maximum absolute atomic E-state index is 11.0. The fraction of sp³-hybridized carbons (Fsp3) is 0.348. The van der Waals surface area contributed by atoms with Crippen LogP contribution in [-0.2, 0) is 14.9 Å². The molecule has 0 radical (unpaired) electrons. The molecule has 0 fully saturated rings. The van der Waals surface area contributed by atoms with E-state index in [0.29, 0.717) is 6.61 Å². The quantitative estimate of drug-likeness (QED) is 0.475. The van der Waals surface area contributed by atoms with Crippen LogP contribution < -0.4 is 19.9 Å². The molecule has 0 bridgehead atoms. The van der Waals surface area contributed by atoms with Gasteiger partial charge in [-0.2, -0.15) is 9.15 Å². The zero-order chi connectivity index (χ0) is 19.3. The molecule has 2 aromatic rings. The van der Waals surface area contributed by atoms with E-state index in [4.69, 9.17) is 4.74 Å². The molecule has 27 heavy (non-hydrogen) atoms. The number of carbonyl (C=O) groups excluding carboxylic acids is 1. The van der Waals surface area contributed by atoms with Crippen molar-refractivity contribution in [3.63, 3.8) is 0 Å². The van der Waals surface area contributed by atoms with E-state index >= 15 is 0 Å². The Bertz CT molecular complexity index is 1110. The molecule has 0 atom stereocenters. The van der Waals surface area contributed by atoms with E-state index in [0.717, 1.165) is 18.7 Å². The molecule has 2 aliphatic heterocycles. The molecule has 0 saturated carbocycles. The second-order valence-electron chi connectivity index (χ2n) is 7.85. The van der Waals surface area contributed by atoms with Crippen molar-refractivity contribution in [2.45, 2.75) is 32.6 Å². The second-order valence-corrected chi connectivity index (χ2v) is 7.85. The van der Waals surface area contributed by atoms with Gasteiger partial charge >= 0.3 is 5.97 Å². The maximum Gasteiger partial charge on any atom is 0.302 e. The fourth-order valence-corrected chi connectivity index (χ4v) is 4.42. The van der Waals surface area contributed by atoms with Crippen LogP contribution in [0.3, 0.4) is 0 Å². The SMILES string of the molecule is C=C1[N+](CCCOC(C)=O)=c2ccc3c(c2C1(C)C)-c1ccccc1[N+]=3C. The molecule has 0 unspecified atom stereocenters. The van der Waals surface area contributed by atoms with Crippen LogP contribution in [0.2, 0.25) is 0 Å². The summed E-state index contributed by atoms with van der Waals surface area (Å²) in [5, 5.41) is 2.47. The molecule has 138 valence electrons. The van der Waals surface area contributed by atoms with Crippen molar-refractivity contribution in [1.29, 1.82) is 0 Å². The number of esters is 1. The van der Waals surface area contributed by atoms with Crippen molar-refractivity contribution in [3.8, 4) is 11.1 Å². The lowest BCUT2D eigenvalue weighted by atomic mass is 9.79. The van der Waals surface area contributed by atoms with E-state index in [9.17, 15) is 4.79 Å². The van der Waals surface area contributed by atoms with Crippen LogP contribution in [0.1, 0.15) is 32.8 Å². The number of rotatable bonds is 4. The topological polar surface area (TPSA) is 32.3 Å². The van der Waals surface area contributed by atoms with Gasteiger partial charge < -0.3 is 4.74 Å². The predicted octanol–water partition coefficient (Wildman–Crippen LogP) is 2.37. The van der Waals surface area contributed by atoms with Gasteiger partial charge in [-0.3, -0.25) is 4.79 Å². The van der Waals surface area contributed by atoms with E-state index in [1.165, 1.54) is 40.0 Å². The van der Waals surface area contributed by atoms with Crippen molar-refractivity contribution in [1.82, 2.24) is 9.15 Å². The minimum atomic E-state index is -0.228. The van der Waals surface area contributed by atoms with E-state index in [1.54, 1.807) is 0 Å². The van der Waals surface area contributed by atoms with E-state index in [2.05, 4.69) is 73.0 Å². The van der Waals surface area contributed by atoms with Gasteiger partial charge in [0.05, 0.1) is 28.7 Å². The van der Waals surface area contributed by atoms with Crippen molar-refractivity contribution >= 4 is 11.7 Å². The van der Waals surface area contributed by atoms with Gasteiger partial charge in [-0.15, -0.1) is 0 Å². The molecule has 0 amide bonds. The number of hydrogen-bond acceptors (Lipinski definition) is 2. The van der Waals surface area contributed by atoms with Crippen LogP contribution in [0.25, 0.3) is 11.1 Å². The number of carbonyl (C=O) groups is 1. The van der Waals surface area contributed by atoms with Crippen molar-refractivity contribution in [2.24, 2.45) is 0 Å². The number of ether oxygens (including phenoxy) is 1. The number of benzene rings is 2. The molecular formula is C23H26N2O2+2. The summed E-state index contributed by atoms with van der Waals surface area (Å²) >= 11 is 0. The molecule has 0 saturated heterocycles. The van der Waals surface area contributed by atoms with Crippen LogP contribution in [0, 0.1) is 0 Å². The minimum absolute atomic E-state index is 0.152. The van der Waals surface area contributed by atoms with Gasteiger partial charge in [0.2, 0.25) is 16.4 Å². The first kappa shape index (κ1) is 17.7. The zero-order valence-corrected chi connectivity index (χ0v) is 16.5. The lowest BCUT2D eigenvalue weighted by Crippen LogP contribution is -2.29. The van der Waals surface area contributed by atoms with Gasteiger partial charge in [0, 0.05) is 31.5 Å². The second kappa shape index (κ2) is 6.15. The Balaban J connectivity index is 1.88. The third-order valence-corrected chi connectivity index (χ3v) is 5.85. The van der Waals surface area contributed by atoms with Crippen LogP contribution in [0.15, 0.2) is 48.7 Å². The highest BCUT2D eigenvalue weighted by Crippen LogP contribution is 2.40. The number of allylic oxidation sites excluding steroid dienone is 1. The summed E-state index contributed by atoms with van der Waals surface area (Å²) in [4.78, 5) is 11.0. The van der Waals surface area contributed by atoms with Crippen molar-refractivity contribution in [3.05, 3.63) is 65.0 Å². The molecule has 2 heterocycles. The van der Waals surface area contributed by atoms with Crippen LogP contribution in [0.5, 0.6) is 0 Å². The summed E-state index contributed by atoms with van der Waals surface area (Å²) in [5.74, 6) is -0.228. The van der Waals surface area contributed by atoms with Gasteiger partial charge in [0.25, 0.3) is 0 Å². The Morgan fingerprint density at radius 1 is 1.15 bits per heavy atom. The Labute approximate surface area is 159 Å². The highest BCUT2D eigenvalue weighted by atomic mass is 16.5. The number of hydrogen-bond donors (Lipinski definition) is 0. The summed E-state index contributed by atoms with van der Waals surface area (Å²) in [6.45, 7) is 11.6. The van der Waals surface area contributed by atoms with Crippen LogP contribution >= 0.6 is 0 Å². The molecule has 4 nitrogen and oxygen atoms in total. The van der Waals surface area contributed by atoms with E-state index in [1.807, 2.05) is 0 Å². The highest BCUT2D eigenvalue weighted by Gasteiger charge is 2.46. The van der Waals surface area contributed by atoms with Gasteiger partial charge in [-0.05, 0) is 26.5 Å². The molecular weight excluding hydrogens is 336 g/mol. The Hall–Kier alpha value is -2.75. The number of fused-ring (bicyclic) bond motifs is 5. The maximum atomic E-state index is 11.0. The summed E-state index contributed by atoms with van der Waals surface area (Å²) in [6, 6.07) is 13.0. The Morgan fingerprint density at radius 3 is 2.59 bits per heavy atom. The van der Waals surface area contributed by atoms with Crippen molar-refractivity contribution < 1.29 is 9.53 Å². The molecule has 0 N–H and O–H groups in total.